The number of benzene rings is 1. The quantitative estimate of drug-likeness (QED) is 0.815. The SMILES string of the molecule is COc1cc2nc(N3CCC(C(C)(O)C(F)(F)F)CC3)nc(N)c2cc1OC. The number of hydrogen-bond acceptors (Lipinski definition) is 7. The first-order valence-corrected chi connectivity index (χ1v) is 8.81. The largest absolute Gasteiger partial charge is 0.493 e. The molecule has 0 saturated carbocycles. The van der Waals surface area contributed by atoms with Crippen LogP contribution in [0.25, 0.3) is 10.9 Å². The lowest BCUT2D eigenvalue weighted by atomic mass is 9.81. The van der Waals surface area contributed by atoms with Crippen LogP contribution in [0, 0.1) is 5.92 Å². The van der Waals surface area contributed by atoms with Gasteiger partial charge in [-0.25, -0.2) is 4.98 Å². The molecule has 3 rings (SSSR count). The van der Waals surface area contributed by atoms with Crippen LogP contribution in [-0.4, -0.2) is 54.2 Å². The van der Waals surface area contributed by atoms with Crippen molar-refractivity contribution >= 4 is 22.7 Å². The van der Waals surface area contributed by atoms with E-state index < -0.39 is 17.7 Å². The highest BCUT2D eigenvalue weighted by Gasteiger charge is 2.55. The van der Waals surface area contributed by atoms with Crippen molar-refractivity contribution in [2.45, 2.75) is 31.5 Å². The molecule has 2 heterocycles. The van der Waals surface area contributed by atoms with E-state index in [4.69, 9.17) is 15.2 Å². The highest BCUT2D eigenvalue weighted by Crippen LogP contribution is 2.41. The number of nitrogens with zero attached hydrogens (tertiary/aromatic N) is 3. The number of hydrogen-bond donors (Lipinski definition) is 2. The molecule has 28 heavy (non-hydrogen) atoms. The Morgan fingerprint density at radius 1 is 1.11 bits per heavy atom. The number of rotatable bonds is 4. The minimum Gasteiger partial charge on any atom is -0.493 e. The van der Waals surface area contributed by atoms with Gasteiger partial charge in [-0.15, -0.1) is 0 Å². The van der Waals surface area contributed by atoms with Crippen molar-refractivity contribution in [3.63, 3.8) is 0 Å². The second kappa shape index (κ2) is 7.16. The molecule has 3 N–H and O–H groups in total. The number of methoxy groups -OCH3 is 2. The molecule has 154 valence electrons. The number of aliphatic hydroxyl groups is 1. The van der Waals surface area contributed by atoms with Gasteiger partial charge in [0.2, 0.25) is 5.95 Å². The number of halogens is 3. The van der Waals surface area contributed by atoms with E-state index in [9.17, 15) is 18.3 Å². The third-order valence-corrected chi connectivity index (χ3v) is 5.37. The zero-order chi connectivity index (χ0) is 20.7. The van der Waals surface area contributed by atoms with Crippen molar-refractivity contribution in [2.75, 3.05) is 37.9 Å². The summed E-state index contributed by atoms with van der Waals surface area (Å²) in [6, 6.07) is 3.36. The van der Waals surface area contributed by atoms with Gasteiger partial charge in [0, 0.05) is 24.5 Å². The summed E-state index contributed by atoms with van der Waals surface area (Å²) in [6.45, 7) is 1.40. The van der Waals surface area contributed by atoms with Crippen LogP contribution in [-0.2, 0) is 0 Å². The standard InChI is InChI=1S/C18H23F3N4O3/c1-17(26,18(19,20)21)10-4-6-25(7-5-10)16-23-12-9-14(28-3)13(27-2)8-11(12)15(22)24-16/h8-10,26H,4-7H2,1-3H3,(H2,22,23,24). The minimum absolute atomic E-state index is 0.166. The van der Waals surface area contributed by atoms with Crippen LogP contribution in [0.15, 0.2) is 12.1 Å². The number of anilines is 2. The van der Waals surface area contributed by atoms with Gasteiger partial charge in [0.25, 0.3) is 0 Å². The van der Waals surface area contributed by atoms with Gasteiger partial charge in [-0.05, 0) is 31.7 Å². The molecule has 1 aromatic carbocycles. The number of aromatic nitrogens is 2. The van der Waals surface area contributed by atoms with Gasteiger partial charge < -0.3 is 25.2 Å². The molecule has 0 aliphatic carbocycles. The number of alkyl halides is 3. The van der Waals surface area contributed by atoms with Crippen molar-refractivity contribution < 1.29 is 27.8 Å². The Morgan fingerprint density at radius 3 is 2.21 bits per heavy atom. The Bertz CT molecular complexity index is 865. The van der Waals surface area contributed by atoms with Gasteiger partial charge in [0.15, 0.2) is 17.1 Å². The zero-order valence-corrected chi connectivity index (χ0v) is 15.9. The van der Waals surface area contributed by atoms with Gasteiger partial charge in [-0.2, -0.15) is 18.2 Å². The van der Waals surface area contributed by atoms with Crippen LogP contribution >= 0.6 is 0 Å². The van der Waals surface area contributed by atoms with E-state index in [-0.39, 0.29) is 31.7 Å². The Labute approximate surface area is 160 Å². The molecule has 1 fully saturated rings. The highest BCUT2D eigenvalue weighted by molar-refractivity contribution is 5.91. The average molecular weight is 400 g/mol. The lowest BCUT2D eigenvalue weighted by Crippen LogP contribution is -2.52. The van der Waals surface area contributed by atoms with Crippen LogP contribution in [0.5, 0.6) is 11.5 Å². The van der Waals surface area contributed by atoms with E-state index in [1.165, 1.54) is 14.2 Å². The molecule has 0 radical (unpaired) electrons. The Hall–Kier alpha value is -2.49. The van der Waals surface area contributed by atoms with Gasteiger partial charge in [-0.3, -0.25) is 0 Å². The molecule has 1 aliphatic rings. The Kier molecular flexibility index (Phi) is 5.18. The molecule has 1 atom stereocenters. The summed E-state index contributed by atoms with van der Waals surface area (Å²) in [5.41, 5.74) is 3.90. The number of fused-ring (bicyclic) bond motifs is 1. The maximum absolute atomic E-state index is 13.1. The molecule has 1 saturated heterocycles. The van der Waals surface area contributed by atoms with Gasteiger partial charge in [0.05, 0.1) is 19.7 Å². The Morgan fingerprint density at radius 2 is 1.68 bits per heavy atom. The number of nitrogen functional groups attached to an aromatic ring is 1. The van der Waals surface area contributed by atoms with E-state index in [0.717, 1.165) is 6.92 Å². The van der Waals surface area contributed by atoms with Gasteiger partial charge in [0.1, 0.15) is 5.82 Å². The maximum atomic E-state index is 13.1. The minimum atomic E-state index is -4.67. The first-order valence-electron chi connectivity index (χ1n) is 8.81. The first-order chi connectivity index (χ1) is 13.1. The summed E-state index contributed by atoms with van der Waals surface area (Å²) in [5.74, 6) is 0.672. The van der Waals surface area contributed by atoms with E-state index in [1.807, 2.05) is 0 Å². The van der Waals surface area contributed by atoms with Crippen molar-refractivity contribution in [3.05, 3.63) is 12.1 Å². The fourth-order valence-corrected chi connectivity index (χ4v) is 3.48. The monoisotopic (exact) mass is 400 g/mol. The fourth-order valence-electron chi connectivity index (χ4n) is 3.48. The summed E-state index contributed by atoms with van der Waals surface area (Å²) in [4.78, 5) is 10.6. The zero-order valence-electron chi connectivity index (χ0n) is 15.9. The maximum Gasteiger partial charge on any atom is 0.417 e. The van der Waals surface area contributed by atoms with E-state index in [1.54, 1.807) is 17.0 Å². The molecule has 2 aromatic rings. The highest BCUT2D eigenvalue weighted by atomic mass is 19.4. The van der Waals surface area contributed by atoms with Crippen molar-refractivity contribution in [1.29, 1.82) is 0 Å². The summed E-state index contributed by atoms with van der Waals surface area (Å²) < 4.78 is 49.7. The van der Waals surface area contributed by atoms with Crippen molar-refractivity contribution in [2.24, 2.45) is 5.92 Å². The van der Waals surface area contributed by atoms with Crippen LogP contribution < -0.4 is 20.1 Å². The second-order valence-electron chi connectivity index (χ2n) is 7.04. The molecule has 1 aliphatic heterocycles. The van der Waals surface area contributed by atoms with E-state index >= 15 is 0 Å². The predicted molar refractivity (Wildman–Crippen MR) is 98.7 cm³/mol. The molecule has 1 unspecified atom stereocenters. The average Bonchev–Trinajstić information content (AvgIpc) is 2.66. The number of nitrogens with two attached hydrogens (primary N) is 1. The number of piperidine rings is 1. The lowest BCUT2D eigenvalue weighted by molar-refractivity contribution is -0.273. The van der Waals surface area contributed by atoms with Crippen LogP contribution in [0.1, 0.15) is 19.8 Å². The third kappa shape index (κ3) is 3.48. The predicted octanol–water partition coefficient (Wildman–Crippen LogP) is 2.76. The summed E-state index contributed by atoms with van der Waals surface area (Å²) >= 11 is 0. The molecule has 1 aromatic heterocycles. The topological polar surface area (TPSA) is 93.7 Å². The van der Waals surface area contributed by atoms with E-state index in [2.05, 4.69) is 9.97 Å². The molecule has 0 amide bonds. The molecule has 0 bridgehead atoms. The molecule has 7 nitrogen and oxygen atoms in total. The van der Waals surface area contributed by atoms with Crippen LogP contribution in [0.3, 0.4) is 0 Å². The fraction of sp³-hybridized carbons (Fsp3) is 0.556. The molecule has 10 heteroatoms. The number of ether oxygens (including phenoxy) is 2. The normalized spacial score (nSPS) is 18.2. The smallest absolute Gasteiger partial charge is 0.417 e. The molecular weight excluding hydrogens is 377 g/mol. The summed E-state index contributed by atoms with van der Waals surface area (Å²) in [7, 11) is 3.02. The van der Waals surface area contributed by atoms with Crippen molar-refractivity contribution in [1.82, 2.24) is 9.97 Å². The first kappa shape index (κ1) is 20.2. The van der Waals surface area contributed by atoms with Gasteiger partial charge >= 0.3 is 6.18 Å². The molecular formula is C18H23F3N4O3. The van der Waals surface area contributed by atoms with E-state index in [0.29, 0.717) is 28.4 Å². The second-order valence-corrected chi connectivity index (χ2v) is 7.04. The van der Waals surface area contributed by atoms with Crippen molar-refractivity contribution in [3.8, 4) is 11.5 Å². The third-order valence-electron chi connectivity index (χ3n) is 5.37. The lowest BCUT2D eigenvalue weighted by Gasteiger charge is -2.40. The van der Waals surface area contributed by atoms with Gasteiger partial charge in [-0.1, -0.05) is 0 Å². The Balaban J connectivity index is 1.85. The summed E-state index contributed by atoms with van der Waals surface area (Å²) in [5, 5.41) is 10.5. The molecule has 0 spiro atoms. The summed E-state index contributed by atoms with van der Waals surface area (Å²) in [6.07, 6.45) is -4.33. The van der Waals surface area contributed by atoms with Crippen LogP contribution in [0.2, 0.25) is 0 Å². The van der Waals surface area contributed by atoms with Crippen LogP contribution in [0.4, 0.5) is 24.9 Å².